The highest BCUT2D eigenvalue weighted by atomic mass is 19.1. The molecule has 1 aromatic carbocycles. The van der Waals surface area contributed by atoms with E-state index >= 15 is 0 Å². The molecular weight excluding hydrogens is 306 g/mol. The third-order valence-corrected chi connectivity index (χ3v) is 4.89. The molecule has 0 amide bonds. The maximum absolute atomic E-state index is 14.9. The summed E-state index contributed by atoms with van der Waals surface area (Å²) in [5.41, 5.74) is 0.727. The molecule has 1 fully saturated rings. The van der Waals surface area contributed by atoms with E-state index in [1.165, 1.54) is 0 Å². The standard InChI is InChI=1S/C18H22BFN2O2/c1-13(16(20)19-23-17(2,3)18(4,5)24-19)14-7-9-15(10-8-14)22-12-6-11-21-22/h6-12H,1-5H3. The molecule has 0 aliphatic carbocycles. The molecule has 3 rings (SSSR count). The van der Waals surface area contributed by atoms with E-state index in [-0.39, 0.29) is 5.73 Å². The lowest BCUT2D eigenvalue weighted by Gasteiger charge is -2.32. The number of rotatable bonds is 3. The van der Waals surface area contributed by atoms with Gasteiger partial charge in [-0.15, -0.1) is 0 Å². The fraction of sp³-hybridized carbons (Fsp3) is 0.389. The Hall–Kier alpha value is -1.92. The van der Waals surface area contributed by atoms with Crippen LogP contribution in [0.15, 0.2) is 48.5 Å². The van der Waals surface area contributed by atoms with Gasteiger partial charge in [0.1, 0.15) is 5.73 Å². The predicted molar refractivity (Wildman–Crippen MR) is 93.3 cm³/mol. The Morgan fingerprint density at radius 2 is 1.67 bits per heavy atom. The summed E-state index contributed by atoms with van der Waals surface area (Å²) in [5, 5.41) is 4.18. The van der Waals surface area contributed by atoms with Gasteiger partial charge in [0.05, 0.1) is 16.9 Å². The molecule has 2 heterocycles. The van der Waals surface area contributed by atoms with E-state index in [1.54, 1.807) is 17.8 Å². The summed E-state index contributed by atoms with van der Waals surface area (Å²) in [6.45, 7) is 9.38. The minimum Gasteiger partial charge on any atom is -0.398 e. The molecule has 0 atom stereocenters. The van der Waals surface area contributed by atoms with Gasteiger partial charge in [-0.3, -0.25) is 0 Å². The van der Waals surface area contributed by atoms with E-state index < -0.39 is 18.3 Å². The maximum atomic E-state index is 14.9. The number of halogens is 1. The van der Waals surface area contributed by atoms with E-state index in [2.05, 4.69) is 5.10 Å². The van der Waals surface area contributed by atoms with Crippen LogP contribution in [-0.2, 0) is 9.31 Å². The molecule has 0 unspecified atom stereocenters. The molecule has 1 aliphatic rings. The normalized spacial score (nSPS) is 20.2. The Balaban J connectivity index is 1.85. The summed E-state index contributed by atoms with van der Waals surface area (Å²) in [4.78, 5) is 0. The highest BCUT2D eigenvalue weighted by Crippen LogP contribution is 2.40. The van der Waals surface area contributed by atoms with Crippen molar-refractivity contribution in [2.24, 2.45) is 0 Å². The van der Waals surface area contributed by atoms with Gasteiger partial charge in [0.15, 0.2) is 0 Å². The Morgan fingerprint density at radius 1 is 1.08 bits per heavy atom. The molecule has 1 aliphatic heterocycles. The van der Waals surface area contributed by atoms with Gasteiger partial charge < -0.3 is 9.31 Å². The van der Waals surface area contributed by atoms with Crippen LogP contribution in [0.5, 0.6) is 0 Å². The molecule has 4 nitrogen and oxygen atoms in total. The number of nitrogens with zero attached hydrogens (tertiary/aromatic N) is 2. The predicted octanol–water partition coefficient (Wildman–Crippen LogP) is 4.20. The molecule has 0 radical (unpaired) electrons. The van der Waals surface area contributed by atoms with Crippen molar-refractivity contribution in [1.82, 2.24) is 9.78 Å². The first-order valence-corrected chi connectivity index (χ1v) is 8.04. The van der Waals surface area contributed by atoms with E-state index in [4.69, 9.17) is 9.31 Å². The lowest BCUT2D eigenvalue weighted by Crippen LogP contribution is -2.41. The zero-order chi connectivity index (χ0) is 17.5. The van der Waals surface area contributed by atoms with Crippen molar-refractivity contribution in [3.8, 4) is 5.69 Å². The minimum atomic E-state index is -0.971. The summed E-state index contributed by atoms with van der Waals surface area (Å²) >= 11 is 0. The van der Waals surface area contributed by atoms with Crippen LogP contribution in [0, 0.1) is 0 Å². The fourth-order valence-electron chi connectivity index (χ4n) is 2.55. The average Bonchev–Trinajstić information content (AvgIpc) is 3.13. The van der Waals surface area contributed by atoms with Gasteiger partial charge in [0.2, 0.25) is 0 Å². The monoisotopic (exact) mass is 328 g/mol. The quantitative estimate of drug-likeness (QED) is 0.792. The van der Waals surface area contributed by atoms with E-state index in [0.717, 1.165) is 11.3 Å². The Morgan fingerprint density at radius 3 is 2.17 bits per heavy atom. The van der Waals surface area contributed by atoms with Gasteiger partial charge in [-0.25, -0.2) is 9.07 Å². The second-order valence-corrected chi connectivity index (χ2v) is 7.06. The molecular formula is C18H22BFN2O2. The van der Waals surface area contributed by atoms with Crippen LogP contribution in [0.4, 0.5) is 4.39 Å². The van der Waals surface area contributed by atoms with Crippen molar-refractivity contribution in [3.05, 3.63) is 54.0 Å². The van der Waals surface area contributed by atoms with Crippen molar-refractivity contribution in [1.29, 1.82) is 0 Å². The third kappa shape index (κ3) is 2.92. The molecule has 6 heteroatoms. The summed E-state index contributed by atoms with van der Waals surface area (Å²) in [6.07, 6.45) is 3.58. The van der Waals surface area contributed by atoms with Crippen LogP contribution < -0.4 is 0 Å². The number of hydrogen-bond acceptors (Lipinski definition) is 3. The van der Waals surface area contributed by atoms with Gasteiger partial charge in [-0.1, -0.05) is 12.1 Å². The lowest BCUT2D eigenvalue weighted by atomic mass is 9.83. The maximum Gasteiger partial charge on any atom is 0.525 e. The summed E-state index contributed by atoms with van der Waals surface area (Å²) < 4.78 is 28.2. The first kappa shape index (κ1) is 16.9. The molecule has 2 aromatic rings. The minimum absolute atomic E-state index is 0.388. The van der Waals surface area contributed by atoms with Crippen molar-refractivity contribution in [3.63, 3.8) is 0 Å². The van der Waals surface area contributed by atoms with Crippen molar-refractivity contribution in [2.75, 3.05) is 0 Å². The summed E-state index contributed by atoms with van der Waals surface area (Å²) in [6, 6.07) is 9.41. The van der Waals surface area contributed by atoms with Crippen LogP contribution in [0.3, 0.4) is 0 Å². The van der Waals surface area contributed by atoms with E-state index in [9.17, 15) is 4.39 Å². The molecule has 1 saturated heterocycles. The van der Waals surface area contributed by atoms with Crippen LogP contribution in [0.2, 0.25) is 0 Å². The van der Waals surface area contributed by atoms with E-state index in [0.29, 0.717) is 5.57 Å². The summed E-state index contributed by atoms with van der Waals surface area (Å²) in [7, 11) is -0.971. The first-order chi connectivity index (χ1) is 11.2. The summed E-state index contributed by atoms with van der Waals surface area (Å²) in [5.74, 6) is 0. The Labute approximate surface area is 142 Å². The van der Waals surface area contributed by atoms with E-state index in [1.807, 2.05) is 64.2 Å². The highest BCUT2D eigenvalue weighted by Gasteiger charge is 2.53. The van der Waals surface area contributed by atoms with Crippen LogP contribution >= 0.6 is 0 Å². The first-order valence-electron chi connectivity index (χ1n) is 8.04. The van der Waals surface area contributed by atoms with Crippen LogP contribution in [-0.4, -0.2) is 28.1 Å². The topological polar surface area (TPSA) is 36.3 Å². The zero-order valence-electron chi connectivity index (χ0n) is 14.7. The van der Waals surface area contributed by atoms with Crippen LogP contribution in [0.25, 0.3) is 11.3 Å². The molecule has 0 N–H and O–H groups in total. The van der Waals surface area contributed by atoms with Gasteiger partial charge in [0.25, 0.3) is 0 Å². The molecule has 1 aromatic heterocycles. The SMILES string of the molecule is CC(=C(F)B1OC(C)(C)C(C)(C)O1)c1ccc(-n2cccn2)cc1. The Kier molecular flexibility index (Phi) is 4.14. The molecule has 0 saturated carbocycles. The number of hydrogen-bond donors (Lipinski definition) is 0. The zero-order valence-corrected chi connectivity index (χ0v) is 14.7. The third-order valence-electron chi connectivity index (χ3n) is 4.89. The van der Waals surface area contributed by atoms with Gasteiger partial charge in [-0.05, 0) is 64.0 Å². The molecule has 0 spiro atoms. The van der Waals surface area contributed by atoms with Gasteiger partial charge in [0, 0.05) is 12.4 Å². The second kappa shape index (κ2) is 5.86. The molecule has 126 valence electrons. The fourth-order valence-corrected chi connectivity index (χ4v) is 2.55. The Bertz CT molecular complexity index is 736. The number of allylic oxidation sites excluding steroid dienone is 1. The van der Waals surface area contributed by atoms with Crippen molar-refractivity contribution < 1.29 is 13.7 Å². The molecule has 24 heavy (non-hydrogen) atoms. The second-order valence-electron chi connectivity index (χ2n) is 7.06. The van der Waals surface area contributed by atoms with Gasteiger partial charge in [-0.2, -0.15) is 5.10 Å². The largest absolute Gasteiger partial charge is 0.525 e. The van der Waals surface area contributed by atoms with Crippen molar-refractivity contribution in [2.45, 2.75) is 45.8 Å². The van der Waals surface area contributed by atoms with Crippen molar-refractivity contribution >= 4 is 12.7 Å². The highest BCUT2D eigenvalue weighted by molar-refractivity contribution is 6.55. The van der Waals surface area contributed by atoms with Gasteiger partial charge >= 0.3 is 7.12 Å². The lowest BCUT2D eigenvalue weighted by molar-refractivity contribution is 0.00578. The molecule has 0 bridgehead atoms. The van der Waals surface area contributed by atoms with Crippen LogP contribution in [0.1, 0.15) is 40.2 Å². The number of benzene rings is 1. The number of aromatic nitrogens is 2. The smallest absolute Gasteiger partial charge is 0.398 e. The average molecular weight is 328 g/mol.